The summed E-state index contributed by atoms with van der Waals surface area (Å²) in [4.78, 5) is 34.7. The molecule has 0 heterocycles. The molecule has 0 spiro atoms. The first kappa shape index (κ1) is 19.5. The summed E-state index contributed by atoms with van der Waals surface area (Å²) in [7, 11) is 1.42. The normalized spacial score (nSPS) is 10.1. The van der Waals surface area contributed by atoms with E-state index < -0.39 is 16.7 Å². The van der Waals surface area contributed by atoms with Crippen molar-refractivity contribution in [2.24, 2.45) is 0 Å². The number of methoxy groups -OCH3 is 1. The van der Waals surface area contributed by atoms with Crippen molar-refractivity contribution in [1.29, 1.82) is 0 Å². The summed E-state index contributed by atoms with van der Waals surface area (Å²) < 4.78 is 5.08. The van der Waals surface area contributed by atoms with E-state index >= 15 is 0 Å². The van der Waals surface area contributed by atoms with E-state index in [0.717, 1.165) is 0 Å². The molecule has 0 unspecified atom stereocenters. The van der Waals surface area contributed by atoms with Crippen molar-refractivity contribution in [1.82, 2.24) is 10.9 Å². The van der Waals surface area contributed by atoms with Crippen molar-refractivity contribution in [3.8, 4) is 5.75 Å². The van der Waals surface area contributed by atoms with Crippen molar-refractivity contribution in [3.05, 3.63) is 63.2 Å². The highest BCUT2D eigenvalue weighted by molar-refractivity contribution is 8.00. The highest BCUT2D eigenvalue weighted by Gasteiger charge is 2.14. The minimum atomic E-state index is -0.571. The standard InChI is InChI=1S/C16H14ClN3O5S/c1-25-14-7-2-10(17)8-13(14)16(22)19-18-15(21)9-26-12-5-3-11(4-6-12)20(23)24/h2-8H,9H2,1H3,(H,18,21)(H,19,22). The first-order chi connectivity index (χ1) is 12.4. The zero-order valence-corrected chi connectivity index (χ0v) is 15.1. The second kappa shape index (κ2) is 9.07. The lowest BCUT2D eigenvalue weighted by Gasteiger charge is -2.10. The van der Waals surface area contributed by atoms with Crippen LogP contribution in [0.1, 0.15) is 10.4 Å². The van der Waals surface area contributed by atoms with Crippen LogP contribution >= 0.6 is 23.4 Å². The maximum Gasteiger partial charge on any atom is 0.273 e. The number of amides is 2. The molecule has 0 atom stereocenters. The molecule has 2 N–H and O–H groups in total. The number of hydrogen-bond donors (Lipinski definition) is 2. The van der Waals surface area contributed by atoms with Gasteiger partial charge in [-0.25, -0.2) is 0 Å². The molecule has 2 amide bonds. The fourth-order valence-electron chi connectivity index (χ4n) is 1.90. The Morgan fingerprint density at radius 2 is 1.88 bits per heavy atom. The van der Waals surface area contributed by atoms with Crippen molar-refractivity contribution >= 4 is 40.9 Å². The van der Waals surface area contributed by atoms with E-state index in [4.69, 9.17) is 16.3 Å². The van der Waals surface area contributed by atoms with Gasteiger partial charge in [0.1, 0.15) is 5.75 Å². The second-order valence-electron chi connectivity index (χ2n) is 4.89. The molecule has 0 aliphatic rings. The highest BCUT2D eigenvalue weighted by atomic mass is 35.5. The number of carbonyl (C=O) groups excluding carboxylic acids is 2. The predicted molar refractivity (Wildman–Crippen MR) is 97.4 cm³/mol. The predicted octanol–water partition coefficient (Wildman–Crippen LogP) is 2.81. The van der Waals surface area contributed by atoms with Gasteiger partial charge < -0.3 is 4.74 Å². The summed E-state index contributed by atoms with van der Waals surface area (Å²) >= 11 is 7.04. The number of nitrogens with zero attached hydrogens (tertiary/aromatic N) is 1. The van der Waals surface area contributed by atoms with Gasteiger partial charge in [0.05, 0.1) is 23.3 Å². The van der Waals surface area contributed by atoms with Gasteiger partial charge in [0.15, 0.2) is 0 Å². The van der Waals surface area contributed by atoms with Crippen molar-refractivity contribution in [3.63, 3.8) is 0 Å². The van der Waals surface area contributed by atoms with Gasteiger partial charge in [0, 0.05) is 22.1 Å². The van der Waals surface area contributed by atoms with Crippen LogP contribution in [0.15, 0.2) is 47.4 Å². The van der Waals surface area contributed by atoms with Gasteiger partial charge >= 0.3 is 0 Å². The zero-order valence-electron chi connectivity index (χ0n) is 13.5. The first-order valence-corrected chi connectivity index (χ1v) is 8.57. The van der Waals surface area contributed by atoms with Gasteiger partial charge in [-0.1, -0.05) is 11.6 Å². The van der Waals surface area contributed by atoms with Gasteiger partial charge in [0.2, 0.25) is 5.91 Å². The van der Waals surface area contributed by atoms with Gasteiger partial charge in [-0.15, -0.1) is 11.8 Å². The number of halogens is 1. The molecule has 0 bridgehead atoms. The fraction of sp³-hybridized carbons (Fsp3) is 0.125. The molecule has 2 aromatic carbocycles. The fourth-order valence-corrected chi connectivity index (χ4v) is 2.77. The molecule has 0 saturated carbocycles. The third-order valence-corrected chi connectivity index (χ3v) is 4.39. The number of hydrogen-bond acceptors (Lipinski definition) is 6. The number of benzene rings is 2. The number of rotatable bonds is 6. The van der Waals surface area contributed by atoms with Crippen LogP contribution in [0.4, 0.5) is 5.69 Å². The van der Waals surface area contributed by atoms with Crippen LogP contribution in [-0.4, -0.2) is 29.6 Å². The maximum absolute atomic E-state index is 12.1. The van der Waals surface area contributed by atoms with Crippen LogP contribution < -0.4 is 15.6 Å². The molecule has 0 aromatic heterocycles. The lowest BCUT2D eigenvalue weighted by molar-refractivity contribution is -0.384. The molecule has 0 saturated heterocycles. The molecule has 0 radical (unpaired) electrons. The maximum atomic E-state index is 12.1. The Balaban J connectivity index is 1.86. The van der Waals surface area contributed by atoms with Crippen molar-refractivity contribution in [2.45, 2.75) is 4.90 Å². The average molecular weight is 396 g/mol. The second-order valence-corrected chi connectivity index (χ2v) is 6.37. The number of nitro benzene ring substituents is 1. The summed E-state index contributed by atoms with van der Waals surface area (Å²) in [5.74, 6) is -0.674. The van der Waals surface area contributed by atoms with Crippen molar-refractivity contribution in [2.75, 3.05) is 12.9 Å². The van der Waals surface area contributed by atoms with E-state index in [9.17, 15) is 19.7 Å². The minimum Gasteiger partial charge on any atom is -0.496 e. The molecular weight excluding hydrogens is 382 g/mol. The summed E-state index contributed by atoms with van der Waals surface area (Å²) in [5, 5.41) is 10.9. The largest absolute Gasteiger partial charge is 0.496 e. The Morgan fingerprint density at radius 1 is 1.19 bits per heavy atom. The van der Waals surface area contributed by atoms with Gasteiger partial charge in [0.25, 0.3) is 11.6 Å². The summed E-state index contributed by atoms with van der Waals surface area (Å²) in [6, 6.07) is 10.4. The van der Waals surface area contributed by atoms with Crippen LogP contribution in [0, 0.1) is 10.1 Å². The number of thioether (sulfide) groups is 1. The molecule has 8 nitrogen and oxygen atoms in total. The number of non-ortho nitro benzene ring substituents is 1. The van der Waals surface area contributed by atoms with E-state index in [2.05, 4.69) is 10.9 Å². The lowest BCUT2D eigenvalue weighted by atomic mass is 10.2. The molecule has 2 aromatic rings. The molecule has 0 aliphatic heterocycles. The Labute approximate surface area is 158 Å². The number of nitro groups is 1. The Hall–Kier alpha value is -2.78. The smallest absolute Gasteiger partial charge is 0.273 e. The van der Waals surface area contributed by atoms with E-state index in [1.807, 2.05) is 0 Å². The van der Waals surface area contributed by atoms with Crippen LogP contribution in [0.5, 0.6) is 5.75 Å². The van der Waals surface area contributed by atoms with E-state index in [1.165, 1.54) is 37.1 Å². The number of carbonyl (C=O) groups is 2. The van der Waals surface area contributed by atoms with E-state index in [-0.39, 0.29) is 17.0 Å². The van der Waals surface area contributed by atoms with Crippen molar-refractivity contribution < 1.29 is 19.2 Å². The molecule has 10 heteroatoms. The summed E-state index contributed by atoms with van der Waals surface area (Å²) in [5.41, 5.74) is 4.72. The monoisotopic (exact) mass is 395 g/mol. The number of ether oxygens (including phenoxy) is 1. The van der Waals surface area contributed by atoms with Crippen LogP contribution in [0.25, 0.3) is 0 Å². The Morgan fingerprint density at radius 3 is 2.50 bits per heavy atom. The topological polar surface area (TPSA) is 111 Å². The summed E-state index contributed by atoms with van der Waals surface area (Å²) in [6.45, 7) is 0. The molecule has 0 fully saturated rings. The van der Waals surface area contributed by atoms with E-state index in [0.29, 0.717) is 15.7 Å². The quantitative estimate of drug-likeness (QED) is 0.442. The number of hydrazine groups is 1. The lowest BCUT2D eigenvalue weighted by Crippen LogP contribution is -2.42. The van der Waals surface area contributed by atoms with Crippen LogP contribution in [0.2, 0.25) is 5.02 Å². The molecular formula is C16H14ClN3O5S. The third-order valence-electron chi connectivity index (χ3n) is 3.14. The average Bonchev–Trinajstić information content (AvgIpc) is 2.64. The molecule has 0 aliphatic carbocycles. The minimum absolute atomic E-state index is 0.0186. The van der Waals surface area contributed by atoms with Gasteiger partial charge in [-0.05, 0) is 30.3 Å². The molecule has 2 rings (SSSR count). The molecule has 136 valence electrons. The third kappa shape index (κ3) is 5.36. The SMILES string of the molecule is COc1ccc(Cl)cc1C(=O)NNC(=O)CSc1ccc([N+](=O)[O-])cc1. The first-order valence-electron chi connectivity index (χ1n) is 7.20. The summed E-state index contributed by atoms with van der Waals surface area (Å²) in [6.07, 6.45) is 0. The van der Waals surface area contributed by atoms with Crippen LogP contribution in [0.3, 0.4) is 0 Å². The number of nitrogens with one attached hydrogen (secondary N) is 2. The highest BCUT2D eigenvalue weighted by Crippen LogP contribution is 2.23. The van der Waals surface area contributed by atoms with E-state index in [1.54, 1.807) is 24.3 Å². The Bertz CT molecular complexity index is 829. The van der Waals surface area contributed by atoms with Gasteiger partial charge in [-0.3, -0.25) is 30.6 Å². The molecule has 26 heavy (non-hydrogen) atoms. The van der Waals surface area contributed by atoms with Crippen LogP contribution in [-0.2, 0) is 4.79 Å². The van der Waals surface area contributed by atoms with Gasteiger partial charge in [-0.2, -0.15) is 0 Å². The Kier molecular flexibility index (Phi) is 6.81. The zero-order chi connectivity index (χ0) is 19.1.